The number of nitrogens with one attached hydrogen (secondary N) is 1. The highest BCUT2D eigenvalue weighted by molar-refractivity contribution is 5.94. The van der Waals surface area contributed by atoms with Crippen molar-refractivity contribution in [3.8, 4) is 0 Å². The maximum atomic E-state index is 12.8. The van der Waals surface area contributed by atoms with Gasteiger partial charge in [0.2, 0.25) is 5.91 Å². The van der Waals surface area contributed by atoms with Crippen LogP contribution in [-0.2, 0) is 11.2 Å². The van der Waals surface area contributed by atoms with Crippen LogP contribution in [0.4, 0.5) is 10.1 Å². The van der Waals surface area contributed by atoms with Crippen LogP contribution in [0.2, 0.25) is 0 Å². The van der Waals surface area contributed by atoms with E-state index in [0.717, 1.165) is 5.39 Å². The zero-order valence-corrected chi connectivity index (χ0v) is 10.5. The molecule has 3 aromatic rings. The van der Waals surface area contributed by atoms with Crippen LogP contribution < -0.4 is 5.32 Å². The zero-order chi connectivity index (χ0) is 13.9. The molecule has 0 aliphatic heterocycles. The summed E-state index contributed by atoms with van der Waals surface area (Å²) in [5.41, 5.74) is 1.78. The molecule has 100 valence electrons. The number of nitrogens with zero attached hydrogens (tertiary/aromatic N) is 1. The van der Waals surface area contributed by atoms with Gasteiger partial charge in [-0.2, -0.15) is 0 Å². The lowest BCUT2D eigenvalue weighted by atomic mass is 10.1. The molecule has 4 nitrogen and oxygen atoms in total. The van der Waals surface area contributed by atoms with Crippen LogP contribution in [-0.4, -0.2) is 11.1 Å². The van der Waals surface area contributed by atoms with Gasteiger partial charge in [0.05, 0.1) is 6.42 Å². The number of anilines is 1. The topological polar surface area (TPSA) is 55.1 Å². The Bertz CT molecular complexity index is 750. The summed E-state index contributed by atoms with van der Waals surface area (Å²) in [6.07, 6.45) is 0.106. The molecule has 0 fully saturated rings. The van der Waals surface area contributed by atoms with Crippen LogP contribution in [0.25, 0.3) is 11.0 Å². The van der Waals surface area contributed by atoms with Crippen molar-refractivity contribution in [3.63, 3.8) is 0 Å². The lowest BCUT2D eigenvalue weighted by Gasteiger charge is -2.03. The Morgan fingerprint density at radius 3 is 2.70 bits per heavy atom. The second-order valence-electron chi connectivity index (χ2n) is 4.36. The van der Waals surface area contributed by atoms with Gasteiger partial charge in [-0.3, -0.25) is 4.79 Å². The Hall–Kier alpha value is -2.69. The van der Waals surface area contributed by atoms with Gasteiger partial charge in [0.15, 0.2) is 5.58 Å². The molecular formula is C15H11FN2O2. The van der Waals surface area contributed by atoms with Crippen LogP contribution in [0.1, 0.15) is 5.69 Å². The maximum absolute atomic E-state index is 12.8. The molecular weight excluding hydrogens is 259 g/mol. The minimum atomic E-state index is -0.342. The van der Waals surface area contributed by atoms with Gasteiger partial charge in [0.1, 0.15) is 11.5 Å². The molecule has 0 aliphatic rings. The van der Waals surface area contributed by atoms with E-state index in [4.69, 9.17) is 4.52 Å². The van der Waals surface area contributed by atoms with Gasteiger partial charge in [-0.15, -0.1) is 0 Å². The van der Waals surface area contributed by atoms with E-state index in [9.17, 15) is 9.18 Å². The Morgan fingerprint density at radius 2 is 1.90 bits per heavy atom. The highest BCUT2D eigenvalue weighted by Crippen LogP contribution is 2.18. The van der Waals surface area contributed by atoms with Crippen molar-refractivity contribution < 1.29 is 13.7 Å². The van der Waals surface area contributed by atoms with E-state index in [-0.39, 0.29) is 18.1 Å². The average Bonchev–Trinajstić information content (AvgIpc) is 2.85. The minimum Gasteiger partial charge on any atom is -0.356 e. The van der Waals surface area contributed by atoms with Crippen molar-refractivity contribution in [3.05, 3.63) is 60.0 Å². The van der Waals surface area contributed by atoms with Crippen LogP contribution in [0, 0.1) is 5.82 Å². The number of aromatic nitrogens is 1. The fraction of sp³-hybridized carbons (Fsp3) is 0.0667. The first-order chi connectivity index (χ1) is 9.72. The molecule has 5 heteroatoms. The lowest BCUT2D eigenvalue weighted by Crippen LogP contribution is -2.14. The number of hydrogen-bond donors (Lipinski definition) is 1. The van der Waals surface area contributed by atoms with E-state index in [1.165, 1.54) is 24.3 Å². The lowest BCUT2D eigenvalue weighted by molar-refractivity contribution is -0.115. The fourth-order valence-corrected chi connectivity index (χ4v) is 1.96. The Balaban J connectivity index is 1.74. The van der Waals surface area contributed by atoms with E-state index >= 15 is 0 Å². The number of carbonyl (C=O) groups is 1. The largest absolute Gasteiger partial charge is 0.356 e. The van der Waals surface area contributed by atoms with Gasteiger partial charge in [-0.05, 0) is 36.4 Å². The molecule has 0 unspecified atom stereocenters. The quantitative estimate of drug-likeness (QED) is 0.795. The summed E-state index contributed by atoms with van der Waals surface area (Å²) in [5.74, 6) is -0.568. The van der Waals surface area contributed by atoms with Crippen molar-refractivity contribution in [1.82, 2.24) is 5.16 Å². The molecule has 0 radical (unpaired) electrons. The van der Waals surface area contributed by atoms with E-state index in [1.54, 1.807) is 6.07 Å². The number of amides is 1. The molecule has 0 saturated carbocycles. The highest BCUT2D eigenvalue weighted by atomic mass is 19.1. The van der Waals surface area contributed by atoms with E-state index < -0.39 is 0 Å². The molecule has 1 heterocycles. The Morgan fingerprint density at radius 1 is 1.15 bits per heavy atom. The van der Waals surface area contributed by atoms with Gasteiger partial charge in [-0.25, -0.2) is 4.39 Å². The predicted octanol–water partition coefficient (Wildman–Crippen LogP) is 3.15. The Kier molecular flexibility index (Phi) is 3.16. The summed E-state index contributed by atoms with van der Waals surface area (Å²) < 4.78 is 17.9. The van der Waals surface area contributed by atoms with Crippen molar-refractivity contribution in [2.75, 3.05) is 5.32 Å². The molecule has 1 aromatic heterocycles. The van der Waals surface area contributed by atoms with Crippen molar-refractivity contribution >= 4 is 22.6 Å². The number of rotatable bonds is 3. The third-order valence-electron chi connectivity index (χ3n) is 2.91. The summed E-state index contributed by atoms with van der Waals surface area (Å²) in [5, 5.41) is 7.40. The van der Waals surface area contributed by atoms with Gasteiger partial charge < -0.3 is 9.84 Å². The second-order valence-corrected chi connectivity index (χ2v) is 4.36. The summed E-state index contributed by atoms with van der Waals surface area (Å²) in [7, 11) is 0. The van der Waals surface area contributed by atoms with Crippen LogP contribution >= 0.6 is 0 Å². The summed E-state index contributed by atoms with van der Waals surface area (Å²) in [6.45, 7) is 0. The number of carbonyl (C=O) groups excluding carboxylic acids is 1. The zero-order valence-electron chi connectivity index (χ0n) is 10.5. The average molecular weight is 270 g/mol. The third kappa shape index (κ3) is 2.51. The van der Waals surface area contributed by atoms with Crippen LogP contribution in [0.15, 0.2) is 53.1 Å². The summed E-state index contributed by atoms with van der Waals surface area (Å²) in [6, 6.07) is 13.0. The SMILES string of the molecule is O=C(Cc1noc2ccccc12)Nc1ccc(F)cc1. The molecule has 0 aliphatic carbocycles. The van der Waals surface area contributed by atoms with Crippen LogP contribution in [0.3, 0.4) is 0 Å². The molecule has 3 rings (SSSR count). The molecule has 2 aromatic carbocycles. The van der Waals surface area contributed by atoms with E-state index in [1.807, 2.05) is 18.2 Å². The highest BCUT2D eigenvalue weighted by Gasteiger charge is 2.12. The number of para-hydroxylation sites is 1. The van der Waals surface area contributed by atoms with Gasteiger partial charge in [0, 0.05) is 11.1 Å². The first-order valence-corrected chi connectivity index (χ1v) is 6.11. The first kappa shape index (κ1) is 12.3. The van der Waals surface area contributed by atoms with Crippen molar-refractivity contribution in [1.29, 1.82) is 0 Å². The number of benzene rings is 2. The number of halogens is 1. The summed E-state index contributed by atoms with van der Waals surface area (Å²) in [4.78, 5) is 11.9. The standard InChI is InChI=1S/C15H11FN2O2/c16-10-5-7-11(8-6-10)17-15(19)9-13-12-3-1-2-4-14(12)20-18-13/h1-8H,9H2,(H,17,19). The van der Waals surface area contributed by atoms with Crippen molar-refractivity contribution in [2.24, 2.45) is 0 Å². The van der Waals surface area contributed by atoms with E-state index in [0.29, 0.717) is 17.0 Å². The second kappa shape index (κ2) is 5.13. The monoisotopic (exact) mass is 270 g/mol. The smallest absolute Gasteiger partial charge is 0.230 e. The van der Waals surface area contributed by atoms with Gasteiger partial charge >= 0.3 is 0 Å². The maximum Gasteiger partial charge on any atom is 0.230 e. The normalized spacial score (nSPS) is 10.7. The third-order valence-corrected chi connectivity index (χ3v) is 2.91. The predicted molar refractivity (Wildman–Crippen MR) is 72.7 cm³/mol. The molecule has 0 atom stereocenters. The minimum absolute atomic E-state index is 0.106. The van der Waals surface area contributed by atoms with Gasteiger partial charge in [0.25, 0.3) is 0 Å². The molecule has 1 amide bonds. The Labute approximate surface area is 114 Å². The van der Waals surface area contributed by atoms with Crippen LogP contribution in [0.5, 0.6) is 0 Å². The molecule has 20 heavy (non-hydrogen) atoms. The van der Waals surface area contributed by atoms with E-state index in [2.05, 4.69) is 10.5 Å². The molecule has 0 bridgehead atoms. The number of hydrogen-bond acceptors (Lipinski definition) is 3. The summed E-state index contributed by atoms with van der Waals surface area (Å²) >= 11 is 0. The molecule has 0 saturated heterocycles. The first-order valence-electron chi connectivity index (χ1n) is 6.11. The molecule has 1 N–H and O–H groups in total. The van der Waals surface area contributed by atoms with Crippen molar-refractivity contribution in [2.45, 2.75) is 6.42 Å². The number of fused-ring (bicyclic) bond motifs is 1. The molecule has 0 spiro atoms. The fourth-order valence-electron chi connectivity index (χ4n) is 1.96. The van der Waals surface area contributed by atoms with Gasteiger partial charge in [-0.1, -0.05) is 17.3 Å².